The van der Waals surface area contributed by atoms with Crippen molar-refractivity contribution in [3.8, 4) is 59.3 Å². The van der Waals surface area contributed by atoms with Crippen molar-refractivity contribution in [3.05, 3.63) is 229 Å². The summed E-state index contributed by atoms with van der Waals surface area (Å²) in [6.07, 6.45) is 40.1. The number of fused-ring (bicyclic) bond motifs is 15. The minimum absolute atomic E-state index is 0.102. The number of allylic oxidation sites excluding steroid dienone is 3. The van der Waals surface area contributed by atoms with E-state index in [4.69, 9.17) is 23.0 Å². The molecule has 115 heavy (non-hydrogen) atoms. The molecule has 590 valence electrons. The molecule has 7 aromatic heterocycles. The van der Waals surface area contributed by atoms with Crippen LogP contribution in [0.1, 0.15) is 285 Å². The standard InChI is InChI=1S/C100H104N4O4S7/c1-5-8-11-14-17-20-23-26-29-34-58-106-73-50-44-70(45-51-73)99(69-42-39-66(4)40-43-69)84-91-80(57-61-109-91)110-93(84)95-86(99)97-98(113-95)87-96(114-97)94-85(92-82(112-94)63-81(111-92)78-56-41-67(88-89(78)104-115-103-88)62-79-83(68(64-101)65-102)76-37-32-33-38-77(76)90(79)105)100(87,71-46-52-74(53-47-71)107-59-35-30-27-24-21-18-15-12-9-6-2)72-48-54-75(55-49-72)108-60-36-31-28-25-22-19-16-13-10-7-3/h32-33,37-57,61-63H,5-31,34-36,58-60H2,1-4H3/b79-62-. The highest BCUT2D eigenvalue weighted by Crippen LogP contribution is 2.72. The van der Waals surface area contributed by atoms with Crippen molar-refractivity contribution < 1.29 is 19.0 Å². The van der Waals surface area contributed by atoms with Crippen LogP contribution in [0.25, 0.3) is 80.8 Å². The zero-order valence-electron chi connectivity index (χ0n) is 67.1. The normalized spacial score (nSPS) is 14.8. The summed E-state index contributed by atoms with van der Waals surface area (Å²) in [5.41, 5.74) is 14.7. The first-order chi connectivity index (χ1) is 56.7. The number of carbonyl (C=O) groups is 1. The topological polar surface area (TPSA) is 118 Å². The Bertz CT molecular complexity index is 5620. The van der Waals surface area contributed by atoms with Gasteiger partial charge >= 0.3 is 0 Å². The van der Waals surface area contributed by atoms with Gasteiger partial charge in [0, 0.05) is 64.4 Å². The van der Waals surface area contributed by atoms with Crippen molar-refractivity contribution in [2.24, 2.45) is 0 Å². The molecule has 0 bridgehead atoms. The number of ether oxygens (including phenoxy) is 3. The molecule has 13 aromatic rings. The van der Waals surface area contributed by atoms with E-state index >= 15 is 0 Å². The molecule has 16 rings (SSSR count). The van der Waals surface area contributed by atoms with Crippen LogP contribution in [0.3, 0.4) is 0 Å². The Morgan fingerprint density at radius 3 is 1.27 bits per heavy atom. The number of hydrogen-bond acceptors (Lipinski definition) is 15. The van der Waals surface area contributed by atoms with Gasteiger partial charge in [0.1, 0.15) is 46.0 Å². The van der Waals surface area contributed by atoms with Crippen molar-refractivity contribution in [3.63, 3.8) is 0 Å². The predicted molar refractivity (Wildman–Crippen MR) is 491 cm³/mol. The highest BCUT2D eigenvalue weighted by Gasteiger charge is 2.56. The van der Waals surface area contributed by atoms with Gasteiger partial charge in [-0.15, -0.1) is 68.0 Å². The van der Waals surface area contributed by atoms with Crippen LogP contribution >= 0.6 is 79.7 Å². The maximum atomic E-state index is 14.3. The molecule has 0 saturated heterocycles. The summed E-state index contributed by atoms with van der Waals surface area (Å²) in [6, 6.07) is 57.6. The largest absolute Gasteiger partial charge is 0.494 e. The van der Waals surface area contributed by atoms with Crippen LogP contribution in [0.15, 0.2) is 162 Å². The molecular formula is C100H104N4O4S7. The Labute approximate surface area is 707 Å². The van der Waals surface area contributed by atoms with Crippen molar-refractivity contribution in [2.45, 2.75) is 231 Å². The van der Waals surface area contributed by atoms with Crippen LogP contribution in [0.2, 0.25) is 0 Å². The Morgan fingerprint density at radius 2 is 0.809 bits per heavy atom. The summed E-state index contributed by atoms with van der Waals surface area (Å²) in [4.78, 5) is 20.7. The number of benzene rings is 6. The van der Waals surface area contributed by atoms with Gasteiger partial charge in [-0.05, 0) is 114 Å². The minimum Gasteiger partial charge on any atom is -0.494 e. The smallest absolute Gasteiger partial charge is 0.194 e. The molecule has 3 aliphatic rings. The van der Waals surface area contributed by atoms with Gasteiger partial charge in [0.2, 0.25) is 0 Å². The lowest BCUT2D eigenvalue weighted by atomic mass is 9.67. The number of rotatable bonds is 42. The van der Waals surface area contributed by atoms with E-state index in [1.165, 1.54) is 271 Å². The average molecular weight is 1650 g/mol. The molecule has 15 heteroatoms. The lowest BCUT2D eigenvalue weighted by Gasteiger charge is -2.34. The summed E-state index contributed by atoms with van der Waals surface area (Å²) >= 11 is 12.7. The van der Waals surface area contributed by atoms with Crippen LogP contribution in [0, 0.1) is 29.6 Å². The summed E-state index contributed by atoms with van der Waals surface area (Å²) in [5, 5.41) is 22.8. The van der Waals surface area contributed by atoms with Gasteiger partial charge in [-0.1, -0.05) is 297 Å². The number of aryl methyl sites for hydroxylation is 1. The van der Waals surface area contributed by atoms with E-state index in [9.17, 15) is 15.3 Å². The number of hydrogen-bond donors (Lipinski definition) is 0. The second kappa shape index (κ2) is 37.5. The molecule has 1 atom stereocenters. The summed E-state index contributed by atoms with van der Waals surface area (Å²) < 4.78 is 38.0. The van der Waals surface area contributed by atoms with E-state index in [0.29, 0.717) is 53.2 Å². The third-order valence-electron chi connectivity index (χ3n) is 24.2. The van der Waals surface area contributed by atoms with Gasteiger partial charge in [-0.2, -0.15) is 19.3 Å². The first kappa shape index (κ1) is 80.4. The first-order valence-corrected chi connectivity index (χ1v) is 48.5. The van der Waals surface area contributed by atoms with Crippen LogP contribution in [-0.2, 0) is 10.8 Å². The molecule has 8 nitrogen and oxygen atoms in total. The van der Waals surface area contributed by atoms with Gasteiger partial charge in [0.25, 0.3) is 0 Å². The van der Waals surface area contributed by atoms with Crippen LogP contribution in [0.5, 0.6) is 17.2 Å². The van der Waals surface area contributed by atoms with Gasteiger partial charge in [0.15, 0.2) is 5.78 Å². The average Bonchev–Trinajstić information content (AvgIpc) is 1.48. The van der Waals surface area contributed by atoms with Crippen molar-refractivity contribution >= 4 is 136 Å². The van der Waals surface area contributed by atoms with Gasteiger partial charge in [0.05, 0.1) is 80.7 Å². The molecule has 3 aliphatic carbocycles. The maximum absolute atomic E-state index is 14.3. The second-order valence-electron chi connectivity index (χ2n) is 31.9. The van der Waals surface area contributed by atoms with Crippen LogP contribution in [-0.4, -0.2) is 34.4 Å². The Kier molecular flexibility index (Phi) is 26.2. The van der Waals surface area contributed by atoms with E-state index in [1.807, 2.05) is 92.3 Å². The number of nitrogens with zero attached hydrogens (tertiary/aromatic N) is 4. The Hall–Kier alpha value is -8.35. The molecule has 0 radical (unpaired) electrons. The molecule has 0 N–H and O–H groups in total. The number of thiophene rings is 6. The maximum Gasteiger partial charge on any atom is 0.194 e. The lowest BCUT2D eigenvalue weighted by molar-refractivity contribution is 0.104. The van der Waals surface area contributed by atoms with E-state index in [2.05, 4.69) is 160 Å². The molecule has 0 amide bonds. The zero-order valence-corrected chi connectivity index (χ0v) is 72.8. The fraction of sp³-hybridized carbons (Fsp3) is 0.390. The van der Waals surface area contributed by atoms with Crippen molar-refractivity contribution in [2.75, 3.05) is 19.8 Å². The molecule has 0 aliphatic heterocycles. The van der Waals surface area contributed by atoms with Crippen LogP contribution < -0.4 is 14.2 Å². The fourth-order valence-electron chi connectivity index (χ4n) is 18.3. The second-order valence-corrected chi connectivity index (χ2v) is 38.5. The number of ketones is 1. The highest BCUT2D eigenvalue weighted by atomic mass is 32.1. The fourth-order valence-corrected chi connectivity index (χ4v) is 27.5. The molecule has 6 aromatic carbocycles. The van der Waals surface area contributed by atoms with Gasteiger partial charge < -0.3 is 14.2 Å². The molecule has 0 fully saturated rings. The number of carbonyl (C=O) groups excluding carboxylic acids is 1. The first-order valence-electron chi connectivity index (χ1n) is 42.8. The third-order valence-corrected chi connectivity index (χ3v) is 32.3. The number of aromatic nitrogens is 2. The van der Waals surface area contributed by atoms with E-state index in [1.54, 1.807) is 12.1 Å². The van der Waals surface area contributed by atoms with E-state index in [-0.39, 0.29) is 11.4 Å². The quantitative estimate of drug-likeness (QED) is 0.0211. The van der Waals surface area contributed by atoms with Crippen molar-refractivity contribution in [1.82, 2.24) is 8.75 Å². The number of Topliss-reactive ketones (excluding diaryl/α,β-unsaturated/α-hetero) is 1. The third kappa shape index (κ3) is 16.0. The van der Waals surface area contributed by atoms with Gasteiger partial charge in [-0.3, -0.25) is 4.79 Å². The molecule has 7 heterocycles. The Morgan fingerprint density at radius 1 is 0.409 bits per heavy atom. The van der Waals surface area contributed by atoms with Crippen LogP contribution in [0.4, 0.5) is 0 Å². The molecule has 0 saturated carbocycles. The summed E-state index contributed by atoms with van der Waals surface area (Å²) in [6.45, 7) is 11.2. The monoisotopic (exact) mass is 1650 g/mol. The zero-order chi connectivity index (χ0) is 78.7. The minimum atomic E-state index is -0.819. The number of nitriles is 2. The Balaban J connectivity index is 0.823. The lowest BCUT2D eigenvalue weighted by Crippen LogP contribution is -2.29. The summed E-state index contributed by atoms with van der Waals surface area (Å²) in [7, 11) is 0. The van der Waals surface area contributed by atoms with Gasteiger partial charge in [-0.25, -0.2) is 0 Å². The molecule has 1 unspecified atom stereocenters. The SMILES string of the molecule is CCCCCCCCCCCCOc1ccc(C2(c3ccc(C)cc3)c3c(sc4ccsc34)-c3sc4c5c(sc4c32)-c2sc3cc(-c4ccc(/C=C6\C(=O)c7ccccc7C6=C(C#N)C#N)c6nsnc46)sc3c2C5(c2ccc(OCCCCCCCCCCCC)cc2)c2ccc(OCCCCCCCCCCCC)cc2)cc1. The summed E-state index contributed by atoms with van der Waals surface area (Å²) in [5.74, 6) is 2.46. The highest BCUT2D eigenvalue weighted by molar-refractivity contribution is 7.37. The van der Waals surface area contributed by atoms with E-state index in [0.717, 1.165) is 64.2 Å². The molecular weight excluding hydrogens is 1550 g/mol. The number of unbranched alkanes of at least 4 members (excludes halogenated alkanes) is 27. The van der Waals surface area contributed by atoms with Crippen molar-refractivity contribution in [1.29, 1.82) is 10.5 Å². The van der Waals surface area contributed by atoms with E-state index < -0.39 is 10.8 Å². The predicted octanol–water partition coefficient (Wildman–Crippen LogP) is 31.2. The molecule has 0 spiro atoms.